The van der Waals surface area contributed by atoms with Gasteiger partial charge in [-0.2, -0.15) is 0 Å². The molecule has 2 atom stereocenters. The van der Waals surface area contributed by atoms with Crippen LogP contribution in [0.15, 0.2) is 0 Å². The molecule has 6 heteroatoms. The maximum Gasteiger partial charge on any atom is 0.411 e. The lowest BCUT2D eigenvalue weighted by atomic mass is 10.2. The zero-order chi connectivity index (χ0) is 14.6. The van der Waals surface area contributed by atoms with Crippen molar-refractivity contribution in [1.29, 1.82) is 0 Å². The van der Waals surface area contributed by atoms with E-state index in [2.05, 4.69) is 0 Å². The van der Waals surface area contributed by atoms with Gasteiger partial charge in [0.15, 0.2) is 0 Å². The van der Waals surface area contributed by atoms with Gasteiger partial charge in [-0.3, -0.25) is 4.90 Å². The third-order valence-corrected chi connectivity index (χ3v) is 2.55. The van der Waals surface area contributed by atoms with E-state index in [-0.39, 0.29) is 26.0 Å². The molecule has 0 aliphatic carbocycles. The summed E-state index contributed by atoms with van der Waals surface area (Å²) < 4.78 is 17.8. The molecule has 1 N–H and O–H groups in total. The highest BCUT2D eigenvalue weighted by molar-refractivity contribution is 5.81. The van der Waals surface area contributed by atoms with Crippen LogP contribution in [-0.2, 0) is 14.3 Å². The first-order chi connectivity index (χ1) is 8.80. The number of carbonyl (C=O) groups is 2. The van der Waals surface area contributed by atoms with Gasteiger partial charge in [-0.15, -0.1) is 0 Å². The molecule has 1 amide bonds. The Labute approximate surface area is 108 Å². The zero-order valence-corrected chi connectivity index (χ0v) is 11.0. The van der Waals surface area contributed by atoms with Gasteiger partial charge in [0.1, 0.15) is 11.6 Å². The summed E-state index contributed by atoms with van der Waals surface area (Å²) in [7, 11) is 0. The van der Waals surface area contributed by atoms with E-state index < -0.39 is 23.7 Å². The van der Waals surface area contributed by atoms with Crippen LogP contribution in [0.25, 0.3) is 0 Å². The molecule has 1 saturated heterocycles. The highest BCUT2D eigenvalue weighted by Crippen LogP contribution is 2.23. The van der Waals surface area contributed by atoms with Gasteiger partial charge in [0.25, 0.3) is 0 Å². The Morgan fingerprint density at radius 1 is 1.56 bits per heavy atom. The third-order valence-electron chi connectivity index (χ3n) is 2.55. The molecule has 6 nitrogen and oxygen atoms in total. The number of amides is 1. The highest BCUT2D eigenvalue weighted by Gasteiger charge is 2.41. The normalized spacial score (nSPS) is 24.8. The second-order valence-electron chi connectivity index (χ2n) is 4.95. The van der Waals surface area contributed by atoms with Gasteiger partial charge < -0.3 is 14.6 Å². The molecule has 18 heavy (non-hydrogen) atoms. The molecule has 0 spiro atoms. The summed E-state index contributed by atoms with van der Waals surface area (Å²) in [5, 5.41) is 9.13. The van der Waals surface area contributed by atoms with Gasteiger partial charge in [-0.1, -0.05) is 0 Å². The van der Waals surface area contributed by atoms with E-state index in [0.717, 1.165) is 0 Å². The summed E-state index contributed by atoms with van der Waals surface area (Å²) in [6, 6.07) is -0.925. The number of ether oxygens (including phenoxy) is 2. The van der Waals surface area contributed by atoms with Crippen LogP contribution < -0.4 is 0 Å². The topological polar surface area (TPSA) is 76.1 Å². The van der Waals surface area contributed by atoms with Crippen LogP contribution in [0.3, 0.4) is 0 Å². The van der Waals surface area contributed by atoms with Crippen LogP contribution in [0, 0.1) is 0 Å². The fourth-order valence-electron chi connectivity index (χ4n) is 1.88. The van der Waals surface area contributed by atoms with Crippen molar-refractivity contribution >= 4 is 12.1 Å². The molecule has 1 aliphatic heterocycles. The molecular weight excluding hydrogens is 238 g/mol. The quantitative estimate of drug-likeness (QED) is 0.832. The second kappa shape index (κ2) is 5.56. The Bertz CT molecular complexity index is 347. The maximum atomic E-state index is 12.0. The van der Waals surface area contributed by atoms with Gasteiger partial charge in [0.2, 0.25) is 0 Å². The smallest absolute Gasteiger partial charge is 0.411 e. The van der Waals surface area contributed by atoms with E-state index in [1.807, 2.05) is 6.92 Å². The maximum absolute atomic E-state index is 12.0. The average Bonchev–Trinajstić information content (AvgIpc) is 2.73. The lowest BCUT2D eigenvalue weighted by molar-refractivity contribution is -0.142. The Morgan fingerprint density at radius 2 is 2.22 bits per heavy atom. The minimum absolute atomic E-state index is 0.0841. The second-order valence-corrected chi connectivity index (χ2v) is 4.95. The van der Waals surface area contributed by atoms with Gasteiger partial charge in [0.05, 0.1) is 12.6 Å². The van der Waals surface area contributed by atoms with Crippen molar-refractivity contribution in [2.75, 3.05) is 13.2 Å². The van der Waals surface area contributed by atoms with Crippen molar-refractivity contribution < 1.29 is 25.5 Å². The molecule has 1 aliphatic rings. The van der Waals surface area contributed by atoms with E-state index in [1.165, 1.54) is 4.90 Å². The van der Waals surface area contributed by atoms with Crippen molar-refractivity contribution in [2.45, 2.75) is 51.8 Å². The summed E-state index contributed by atoms with van der Waals surface area (Å²) in [5.41, 5.74) is -0.927. The van der Waals surface area contributed by atoms with E-state index in [0.29, 0.717) is 6.61 Å². The van der Waals surface area contributed by atoms with Crippen LogP contribution in [0.1, 0.15) is 35.5 Å². The zero-order valence-electron chi connectivity index (χ0n) is 12.0. The predicted molar refractivity (Wildman–Crippen MR) is 64.4 cm³/mol. The van der Waals surface area contributed by atoms with Crippen LogP contribution in [0.5, 0.6) is 0 Å². The molecule has 1 rings (SSSR count). The molecule has 1 fully saturated rings. The number of nitrogens with zero attached hydrogens (tertiary/aromatic N) is 1. The number of hydrogen-bond donors (Lipinski definition) is 1. The van der Waals surface area contributed by atoms with Gasteiger partial charge >= 0.3 is 12.1 Å². The average molecular weight is 260 g/mol. The predicted octanol–water partition coefficient (Wildman–Crippen LogP) is 1.49. The molecule has 0 unspecified atom stereocenters. The third kappa shape index (κ3) is 3.87. The molecule has 0 radical (unpaired) electrons. The number of aliphatic carboxylic acids is 1. The van der Waals surface area contributed by atoms with Crippen molar-refractivity contribution in [2.24, 2.45) is 0 Å². The number of carboxylic acids is 1. The summed E-state index contributed by atoms with van der Waals surface area (Å²) >= 11 is 0. The van der Waals surface area contributed by atoms with Gasteiger partial charge in [0, 0.05) is 14.4 Å². The number of hydrogen-bond acceptors (Lipinski definition) is 4. The van der Waals surface area contributed by atoms with E-state index in [4.69, 9.17) is 16.0 Å². The van der Waals surface area contributed by atoms with Crippen LogP contribution >= 0.6 is 0 Å². The molecule has 0 aromatic heterocycles. The first-order valence-corrected chi connectivity index (χ1v) is 5.94. The summed E-state index contributed by atoms with van der Waals surface area (Å²) in [6.07, 6.45) is -0.718. The Balaban J connectivity index is 2.73. The Kier molecular flexibility index (Phi) is 4.06. The molecular formula is C12H21NO5. The molecule has 0 aromatic rings. The standard InChI is InChI=1S/C12H21NO5/c1-5-17-8-6-9(10(14)15)13(7-8)11(16)18-12(2,3)4/h8-9H,5-7H2,1-4H3,(H,14,15)/t8-,9-/m0/s1/i2D. The van der Waals surface area contributed by atoms with Crippen LogP contribution in [-0.4, -0.2) is 53.0 Å². The summed E-state index contributed by atoms with van der Waals surface area (Å²) in [5.74, 6) is -1.07. The van der Waals surface area contributed by atoms with Crippen molar-refractivity contribution in [3.63, 3.8) is 0 Å². The summed E-state index contributed by atoms with van der Waals surface area (Å²) in [4.78, 5) is 24.3. The number of rotatable bonds is 3. The lowest BCUT2D eigenvalue weighted by Crippen LogP contribution is -2.43. The SMILES string of the molecule is [2H]CC(C)(C)OC(=O)N1C[C@@H](OCC)C[C@H]1C(=O)O. The van der Waals surface area contributed by atoms with Crippen molar-refractivity contribution in [1.82, 2.24) is 4.90 Å². The van der Waals surface area contributed by atoms with Crippen LogP contribution in [0.2, 0.25) is 0 Å². The van der Waals surface area contributed by atoms with E-state index in [1.54, 1.807) is 13.8 Å². The van der Waals surface area contributed by atoms with Crippen molar-refractivity contribution in [3.05, 3.63) is 0 Å². The number of likely N-dealkylation sites (tertiary alicyclic amines) is 1. The van der Waals surface area contributed by atoms with Crippen LogP contribution in [0.4, 0.5) is 4.79 Å². The number of carboxylic acid groups (broad SMARTS) is 1. The fraction of sp³-hybridized carbons (Fsp3) is 0.833. The fourth-order valence-corrected chi connectivity index (χ4v) is 1.88. The molecule has 104 valence electrons. The first kappa shape index (κ1) is 13.1. The minimum Gasteiger partial charge on any atom is -0.480 e. The van der Waals surface area contributed by atoms with Gasteiger partial charge in [-0.05, 0) is 27.7 Å². The largest absolute Gasteiger partial charge is 0.480 e. The van der Waals surface area contributed by atoms with Crippen molar-refractivity contribution in [3.8, 4) is 0 Å². The lowest BCUT2D eigenvalue weighted by Gasteiger charge is -2.26. The molecule has 0 saturated carbocycles. The minimum atomic E-state index is -1.07. The Morgan fingerprint density at radius 3 is 2.72 bits per heavy atom. The van der Waals surface area contributed by atoms with Gasteiger partial charge in [-0.25, -0.2) is 9.59 Å². The van der Waals surface area contributed by atoms with E-state index >= 15 is 0 Å². The molecule has 0 aromatic carbocycles. The monoisotopic (exact) mass is 260 g/mol. The first-order valence-electron chi connectivity index (χ1n) is 6.64. The number of carbonyl (C=O) groups excluding carboxylic acids is 1. The van der Waals surface area contributed by atoms with E-state index in [9.17, 15) is 9.59 Å². The Hall–Kier alpha value is -1.30. The highest BCUT2D eigenvalue weighted by atomic mass is 16.6. The summed E-state index contributed by atoms with van der Waals surface area (Å²) in [6.45, 7) is 5.64. The molecule has 0 bridgehead atoms. The molecule has 1 heterocycles.